The van der Waals surface area contributed by atoms with Gasteiger partial charge in [0.1, 0.15) is 5.82 Å². The standard InChI is InChI=1S/C14H21BrN4OS/c1-9(2)17-13(20)10-4-6-19(7-5-10)12-11(15)8-16-14(18-12)21-3/h8-10H,4-7H2,1-3H3,(H,17,20). The van der Waals surface area contributed by atoms with Crippen LogP contribution in [0.15, 0.2) is 15.8 Å². The smallest absolute Gasteiger partial charge is 0.223 e. The van der Waals surface area contributed by atoms with Crippen molar-refractivity contribution in [3.8, 4) is 0 Å². The number of nitrogens with zero attached hydrogens (tertiary/aromatic N) is 3. The van der Waals surface area contributed by atoms with E-state index in [0.29, 0.717) is 0 Å². The van der Waals surface area contributed by atoms with Crippen LogP contribution in [0.25, 0.3) is 0 Å². The fourth-order valence-electron chi connectivity index (χ4n) is 2.42. The van der Waals surface area contributed by atoms with Crippen LogP contribution in [0.3, 0.4) is 0 Å². The van der Waals surface area contributed by atoms with Crippen molar-refractivity contribution in [2.75, 3.05) is 24.2 Å². The van der Waals surface area contributed by atoms with Gasteiger partial charge in [-0.3, -0.25) is 4.79 Å². The number of hydrogen-bond donors (Lipinski definition) is 1. The van der Waals surface area contributed by atoms with Crippen LogP contribution in [-0.2, 0) is 4.79 Å². The molecule has 1 aromatic heterocycles. The summed E-state index contributed by atoms with van der Waals surface area (Å²) in [7, 11) is 0. The van der Waals surface area contributed by atoms with E-state index in [9.17, 15) is 4.79 Å². The number of piperidine rings is 1. The predicted molar refractivity (Wildman–Crippen MR) is 89.7 cm³/mol. The molecule has 0 spiro atoms. The Morgan fingerprint density at radius 2 is 2.14 bits per heavy atom. The van der Waals surface area contributed by atoms with Crippen LogP contribution < -0.4 is 10.2 Å². The summed E-state index contributed by atoms with van der Waals surface area (Å²) in [4.78, 5) is 23.1. The Kier molecular flexibility index (Phi) is 5.87. The lowest BCUT2D eigenvalue weighted by Gasteiger charge is -2.33. The van der Waals surface area contributed by atoms with Gasteiger partial charge in [0.15, 0.2) is 5.16 Å². The van der Waals surface area contributed by atoms with Crippen LogP contribution >= 0.6 is 27.7 Å². The Labute approximate surface area is 138 Å². The molecule has 1 N–H and O–H groups in total. The molecule has 0 saturated carbocycles. The van der Waals surface area contributed by atoms with Crippen LogP contribution in [0.1, 0.15) is 26.7 Å². The maximum absolute atomic E-state index is 12.1. The second-order valence-corrected chi connectivity index (χ2v) is 7.08. The molecule has 2 heterocycles. The molecule has 1 aliphatic rings. The second kappa shape index (κ2) is 7.45. The second-order valence-electron chi connectivity index (χ2n) is 5.45. The highest BCUT2D eigenvalue weighted by molar-refractivity contribution is 9.10. The number of hydrogen-bond acceptors (Lipinski definition) is 5. The van der Waals surface area contributed by atoms with Crippen LogP contribution in [0.2, 0.25) is 0 Å². The van der Waals surface area contributed by atoms with E-state index in [1.54, 1.807) is 6.20 Å². The molecule has 0 unspecified atom stereocenters. The number of aromatic nitrogens is 2. The monoisotopic (exact) mass is 372 g/mol. The minimum atomic E-state index is 0.115. The maximum atomic E-state index is 12.1. The molecule has 0 bridgehead atoms. The molecule has 1 aliphatic heterocycles. The third-order valence-electron chi connectivity index (χ3n) is 3.48. The van der Waals surface area contributed by atoms with Crippen LogP contribution in [0, 0.1) is 5.92 Å². The summed E-state index contributed by atoms with van der Waals surface area (Å²) in [5.41, 5.74) is 0. The predicted octanol–water partition coefficient (Wildman–Crippen LogP) is 2.70. The minimum Gasteiger partial charge on any atom is -0.355 e. The average molecular weight is 373 g/mol. The molecule has 0 atom stereocenters. The molecule has 1 fully saturated rings. The number of amides is 1. The largest absolute Gasteiger partial charge is 0.355 e. The van der Waals surface area contributed by atoms with Gasteiger partial charge in [-0.05, 0) is 48.9 Å². The summed E-state index contributed by atoms with van der Waals surface area (Å²) >= 11 is 5.05. The zero-order valence-electron chi connectivity index (χ0n) is 12.6. The van der Waals surface area contributed by atoms with Gasteiger partial charge in [-0.15, -0.1) is 0 Å². The topological polar surface area (TPSA) is 58.1 Å². The van der Waals surface area contributed by atoms with Crippen molar-refractivity contribution in [2.45, 2.75) is 37.9 Å². The zero-order chi connectivity index (χ0) is 15.4. The highest BCUT2D eigenvalue weighted by Crippen LogP contribution is 2.29. The van der Waals surface area contributed by atoms with E-state index in [1.165, 1.54) is 11.8 Å². The van der Waals surface area contributed by atoms with E-state index in [0.717, 1.165) is 41.4 Å². The molecule has 0 aromatic carbocycles. The van der Waals surface area contributed by atoms with Gasteiger partial charge in [-0.2, -0.15) is 0 Å². The van der Waals surface area contributed by atoms with E-state index < -0.39 is 0 Å². The highest BCUT2D eigenvalue weighted by atomic mass is 79.9. The summed E-state index contributed by atoms with van der Waals surface area (Å²) in [5.74, 6) is 1.22. The summed E-state index contributed by atoms with van der Waals surface area (Å²) in [5, 5.41) is 3.77. The molecule has 5 nitrogen and oxygen atoms in total. The third kappa shape index (κ3) is 4.32. The quantitative estimate of drug-likeness (QED) is 0.650. The first-order chi connectivity index (χ1) is 10.0. The van der Waals surface area contributed by atoms with E-state index in [1.807, 2.05) is 20.1 Å². The van der Waals surface area contributed by atoms with Crippen molar-refractivity contribution in [3.05, 3.63) is 10.7 Å². The van der Waals surface area contributed by atoms with Crippen molar-refractivity contribution >= 4 is 39.4 Å². The first-order valence-corrected chi connectivity index (χ1v) is 9.15. The minimum absolute atomic E-state index is 0.115. The van der Waals surface area contributed by atoms with E-state index in [4.69, 9.17) is 0 Å². The SMILES string of the molecule is CSc1ncc(Br)c(N2CCC(C(=O)NC(C)C)CC2)n1. The average Bonchev–Trinajstić information content (AvgIpc) is 2.47. The first-order valence-electron chi connectivity index (χ1n) is 7.13. The number of thioether (sulfide) groups is 1. The van der Waals surface area contributed by atoms with Crippen molar-refractivity contribution in [1.82, 2.24) is 15.3 Å². The molecular formula is C14H21BrN4OS. The van der Waals surface area contributed by atoms with Crippen molar-refractivity contribution in [1.29, 1.82) is 0 Å². The molecule has 21 heavy (non-hydrogen) atoms. The van der Waals surface area contributed by atoms with Gasteiger partial charge >= 0.3 is 0 Å². The Hall–Kier alpha value is -0.820. The number of halogens is 1. The molecule has 1 saturated heterocycles. The highest BCUT2D eigenvalue weighted by Gasteiger charge is 2.26. The van der Waals surface area contributed by atoms with Crippen LogP contribution in [0.5, 0.6) is 0 Å². The summed E-state index contributed by atoms with van der Waals surface area (Å²) in [6.45, 7) is 5.68. The van der Waals surface area contributed by atoms with Gasteiger partial charge < -0.3 is 10.2 Å². The third-order valence-corrected chi connectivity index (χ3v) is 4.60. The van der Waals surface area contributed by atoms with Gasteiger partial charge in [0, 0.05) is 31.2 Å². The Balaban J connectivity index is 1.99. The molecular weight excluding hydrogens is 352 g/mol. The number of carbonyl (C=O) groups is 1. The molecule has 2 rings (SSSR count). The number of nitrogens with one attached hydrogen (secondary N) is 1. The lowest BCUT2D eigenvalue weighted by molar-refractivity contribution is -0.126. The summed E-state index contributed by atoms with van der Waals surface area (Å²) in [6.07, 6.45) is 5.49. The van der Waals surface area contributed by atoms with E-state index in [-0.39, 0.29) is 17.9 Å². The zero-order valence-corrected chi connectivity index (χ0v) is 15.0. The molecule has 1 amide bonds. The summed E-state index contributed by atoms with van der Waals surface area (Å²) < 4.78 is 0.908. The van der Waals surface area contributed by atoms with Crippen molar-refractivity contribution in [2.24, 2.45) is 5.92 Å². The van der Waals surface area contributed by atoms with Gasteiger partial charge in [-0.1, -0.05) is 11.8 Å². The van der Waals surface area contributed by atoms with E-state index in [2.05, 4.69) is 36.1 Å². The van der Waals surface area contributed by atoms with Crippen molar-refractivity contribution < 1.29 is 4.79 Å². The van der Waals surface area contributed by atoms with Crippen LogP contribution in [0.4, 0.5) is 5.82 Å². The van der Waals surface area contributed by atoms with E-state index >= 15 is 0 Å². The van der Waals surface area contributed by atoms with Gasteiger partial charge in [0.2, 0.25) is 5.91 Å². The van der Waals surface area contributed by atoms with Gasteiger partial charge in [0.25, 0.3) is 0 Å². The number of carbonyl (C=O) groups excluding carboxylic acids is 1. The number of anilines is 1. The molecule has 7 heteroatoms. The lowest BCUT2D eigenvalue weighted by atomic mass is 9.95. The summed E-state index contributed by atoms with van der Waals surface area (Å²) in [6, 6.07) is 0.204. The normalized spacial score (nSPS) is 16.3. The molecule has 116 valence electrons. The fourth-order valence-corrected chi connectivity index (χ4v) is 3.20. The molecule has 0 radical (unpaired) electrons. The molecule has 0 aliphatic carbocycles. The Morgan fingerprint density at radius 3 is 2.71 bits per heavy atom. The fraction of sp³-hybridized carbons (Fsp3) is 0.643. The maximum Gasteiger partial charge on any atom is 0.223 e. The number of rotatable bonds is 4. The lowest BCUT2D eigenvalue weighted by Crippen LogP contribution is -2.42. The van der Waals surface area contributed by atoms with Crippen LogP contribution in [-0.4, -0.2) is 41.3 Å². The first kappa shape index (κ1) is 16.5. The molecule has 1 aromatic rings. The van der Waals surface area contributed by atoms with Gasteiger partial charge in [-0.25, -0.2) is 9.97 Å². The van der Waals surface area contributed by atoms with Crippen molar-refractivity contribution in [3.63, 3.8) is 0 Å². The Morgan fingerprint density at radius 1 is 1.48 bits per heavy atom. The van der Waals surface area contributed by atoms with Gasteiger partial charge in [0.05, 0.1) is 4.47 Å². The Bertz CT molecular complexity index is 504.